The lowest BCUT2D eigenvalue weighted by Gasteiger charge is -2.21. The van der Waals surface area contributed by atoms with Crippen molar-refractivity contribution in [2.45, 2.75) is 25.8 Å². The summed E-state index contributed by atoms with van der Waals surface area (Å²) in [4.78, 5) is 0. The molecule has 0 rings (SSSR count). The molecule has 0 unspecified atom stereocenters. The molecule has 0 aliphatic heterocycles. The first kappa shape index (κ1) is 8.25. The molecule has 50 valence electrons. The van der Waals surface area contributed by atoms with Crippen LogP contribution < -0.4 is 5.32 Å². The summed E-state index contributed by atoms with van der Waals surface area (Å²) in [6, 6.07) is 0. The van der Waals surface area contributed by atoms with Crippen LogP contribution in [-0.2, 0) is 0 Å². The molecule has 8 heavy (non-hydrogen) atoms. The number of nitrogens with one attached hydrogen (secondary N) is 1. The lowest BCUT2D eigenvalue weighted by atomic mass is 10.0. The zero-order valence-corrected chi connectivity index (χ0v) is 6.55. The number of halogens is 1. The van der Waals surface area contributed by atoms with Gasteiger partial charge >= 0.3 is 0 Å². The molecule has 0 heterocycles. The largest absolute Gasteiger partial charge is 0.315 e. The van der Waals surface area contributed by atoms with Crippen molar-refractivity contribution in [3.8, 4) is 0 Å². The highest BCUT2D eigenvalue weighted by molar-refractivity contribution is 6.17. The summed E-state index contributed by atoms with van der Waals surface area (Å²) in [5.74, 6) is 0.730. The van der Waals surface area contributed by atoms with Crippen molar-refractivity contribution in [1.29, 1.82) is 0 Å². The van der Waals surface area contributed by atoms with Gasteiger partial charge in [0.2, 0.25) is 0 Å². The summed E-state index contributed by atoms with van der Waals surface area (Å²) in [5, 5.41) is 3.16. The molecule has 0 fully saturated rings. The number of hydrogen-bond donors (Lipinski definition) is 1. The van der Waals surface area contributed by atoms with Crippen molar-refractivity contribution >= 4 is 11.6 Å². The molecule has 0 aliphatic carbocycles. The van der Waals surface area contributed by atoms with Gasteiger partial charge in [-0.2, -0.15) is 0 Å². The average Bonchev–Trinajstić information content (AvgIpc) is 1.67. The lowest BCUT2D eigenvalue weighted by Crippen LogP contribution is -2.36. The Labute approximate surface area is 56.4 Å². The molecule has 0 atom stereocenters. The fraction of sp³-hybridized carbons (Fsp3) is 1.00. The Kier molecular flexibility index (Phi) is 3.41. The van der Waals surface area contributed by atoms with E-state index in [1.807, 2.05) is 7.05 Å². The molecule has 0 aliphatic rings. The number of alkyl halides is 1. The summed E-state index contributed by atoms with van der Waals surface area (Å²) in [6.07, 6.45) is 1.02. The monoisotopic (exact) mass is 135 g/mol. The van der Waals surface area contributed by atoms with Crippen molar-refractivity contribution in [1.82, 2.24) is 5.32 Å². The van der Waals surface area contributed by atoms with E-state index in [0.717, 1.165) is 12.3 Å². The standard InChI is InChI=1S/C6H14ClN/c1-6(2,8-3)4-5-7/h8H,4-5H2,1-3H3. The molecule has 0 bridgehead atoms. The second-order valence-electron chi connectivity index (χ2n) is 2.57. The minimum absolute atomic E-state index is 0.210. The smallest absolute Gasteiger partial charge is 0.0240 e. The predicted molar refractivity (Wildman–Crippen MR) is 38.5 cm³/mol. The number of rotatable bonds is 3. The van der Waals surface area contributed by atoms with E-state index in [9.17, 15) is 0 Å². The summed E-state index contributed by atoms with van der Waals surface area (Å²) < 4.78 is 0. The molecular weight excluding hydrogens is 122 g/mol. The van der Waals surface area contributed by atoms with Crippen molar-refractivity contribution in [3.05, 3.63) is 0 Å². The van der Waals surface area contributed by atoms with Gasteiger partial charge in [-0.05, 0) is 27.3 Å². The Bertz CT molecular complexity index is 61.5. The summed E-state index contributed by atoms with van der Waals surface area (Å²) >= 11 is 5.52. The van der Waals surface area contributed by atoms with E-state index in [0.29, 0.717) is 0 Å². The van der Waals surface area contributed by atoms with Crippen LogP contribution in [0.25, 0.3) is 0 Å². The predicted octanol–water partition coefficient (Wildman–Crippen LogP) is 1.61. The van der Waals surface area contributed by atoms with E-state index < -0.39 is 0 Å². The van der Waals surface area contributed by atoms with E-state index in [4.69, 9.17) is 11.6 Å². The molecule has 0 saturated heterocycles. The van der Waals surface area contributed by atoms with Crippen LogP contribution in [-0.4, -0.2) is 18.5 Å². The third-order valence-electron chi connectivity index (χ3n) is 1.40. The quantitative estimate of drug-likeness (QED) is 0.580. The Morgan fingerprint density at radius 1 is 1.50 bits per heavy atom. The van der Waals surface area contributed by atoms with E-state index in [1.165, 1.54) is 0 Å². The van der Waals surface area contributed by atoms with Gasteiger partial charge in [-0.1, -0.05) is 0 Å². The Hall–Kier alpha value is 0.250. The van der Waals surface area contributed by atoms with Crippen LogP contribution in [0, 0.1) is 0 Å². The van der Waals surface area contributed by atoms with Crippen LogP contribution in [0.2, 0.25) is 0 Å². The molecule has 0 saturated carbocycles. The van der Waals surface area contributed by atoms with Crippen LogP contribution in [0.1, 0.15) is 20.3 Å². The first-order chi connectivity index (χ1) is 3.62. The topological polar surface area (TPSA) is 12.0 Å². The first-order valence-corrected chi connectivity index (χ1v) is 3.41. The second-order valence-corrected chi connectivity index (χ2v) is 2.95. The number of hydrogen-bond acceptors (Lipinski definition) is 1. The molecule has 0 spiro atoms. The van der Waals surface area contributed by atoms with Crippen LogP contribution in [0.15, 0.2) is 0 Å². The molecule has 1 nitrogen and oxygen atoms in total. The van der Waals surface area contributed by atoms with Gasteiger partial charge in [-0.15, -0.1) is 11.6 Å². The normalized spacial score (nSPS) is 12.0. The van der Waals surface area contributed by atoms with E-state index >= 15 is 0 Å². The summed E-state index contributed by atoms with van der Waals surface area (Å²) in [5.41, 5.74) is 0.210. The van der Waals surface area contributed by atoms with Gasteiger partial charge in [-0.3, -0.25) is 0 Å². The zero-order valence-electron chi connectivity index (χ0n) is 5.79. The fourth-order valence-corrected chi connectivity index (χ4v) is 0.834. The molecule has 0 amide bonds. The molecular formula is C6H14ClN. The molecule has 0 aromatic heterocycles. The van der Waals surface area contributed by atoms with Crippen LogP contribution in [0.5, 0.6) is 0 Å². The van der Waals surface area contributed by atoms with Crippen molar-refractivity contribution in [2.24, 2.45) is 0 Å². The van der Waals surface area contributed by atoms with Gasteiger partial charge in [-0.25, -0.2) is 0 Å². The maximum Gasteiger partial charge on any atom is 0.0240 e. The molecule has 0 radical (unpaired) electrons. The Morgan fingerprint density at radius 2 is 2.00 bits per heavy atom. The molecule has 1 N–H and O–H groups in total. The maximum absolute atomic E-state index is 5.52. The average molecular weight is 136 g/mol. The minimum atomic E-state index is 0.210. The highest BCUT2D eigenvalue weighted by Crippen LogP contribution is 2.06. The molecule has 0 aromatic carbocycles. The highest BCUT2D eigenvalue weighted by Gasteiger charge is 2.11. The van der Waals surface area contributed by atoms with E-state index in [-0.39, 0.29) is 5.54 Å². The van der Waals surface area contributed by atoms with Gasteiger partial charge < -0.3 is 5.32 Å². The summed E-state index contributed by atoms with van der Waals surface area (Å²) in [7, 11) is 1.95. The van der Waals surface area contributed by atoms with Crippen molar-refractivity contribution in [3.63, 3.8) is 0 Å². The Balaban J connectivity index is 3.37. The van der Waals surface area contributed by atoms with Crippen molar-refractivity contribution in [2.75, 3.05) is 12.9 Å². The van der Waals surface area contributed by atoms with Gasteiger partial charge in [0, 0.05) is 11.4 Å². The van der Waals surface area contributed by atoms with Crippen LogP contribution in [0.3, 0.4) is 0 Å². The second kappa shape index (κ2) is 3.31. The van der Waals surface area contributed by atoms with Crippen molar-refractivity contribution < 1.29 is 0 Å². The highest BCUT2D eigenvalue weighted by atomic mass is 35.5. The minimum Gasteiger partial charge on any atom is -0.315 e. The molecule has 0 aromatic rings. The first-order valence-electron chi connectivity index (χ1n) is 2.87. The zero-order chi connectivity index (χ0) is 6.62. The van der Waals surface area contributed by atoms with E-state index in [1.54, 1.807) is 0 Å². The van der Waals surface area contributed by atoms with Gasteiger partial charge in [0.25, 0.3) is 0 Å². The van der Waals surface area contributed by atoms with Crippen LogP contribution >= 0.6 is 11.6 Å². The molecule has 2 heteroatoms. The lowest BCUT2D eigenvalue weighted by molar-refractivity contribution is 0.413. The third-order valence-corrected chi connectivity index (χ3v) is 1.59. The van der Waals surface area contributed by atoms with Gasteiger partial charge in [0.1, 0.15) is 0 Å². The van der Waals surface area contributed by atoms with E-state index in [2.05, 4.69) is 19.2 Å². The SMILES string of the molecule is CNC(C)(C)CCCl. The van der Waals surface area contributed by atoms with Crippen LogP contribution in [0.4, 0.5) is 0 Å². The maximum atomic E-state index is 5.52. The Morgan fingerprint density at radius 3 is 2.12 bits per heavy atom. The fourth-order valence-electron chi connectivity index (χ4n) is 0.361. The van der Waals surface area contributed by atoms with Gasteiger partial charge in [0.15, 0.2) is 0 Å². The third kappa shape index (κ3) is 3.28. The summed E-state index contributed by atoms with van der Waals surface area (Å²) in [6.45, 7) is 4.27. The van der Waals surface area contributed by atoms with Gasteiger partial charge in [0.05, 0.1) is 0 Å².